The molecule has 1 aliphatic carbocycles. The van der Waals surface area contributed by atoms with Crippen molar-refractivity contribution in [3.8, 4) is 0 Å². The van der Waals surface area contributed by atoms with Gasteiger partial charge in [0.1, 0.15) is 5.60 Å². The van der Waals surface area contributed by atoms with Crippen LogP contribution in [0, 0.1) is 11.8 Å². The first kappa shape index (κ1) is 19.1. The quantitative estimate of drug-likeness (QED) is 0.789. The molecule has 0 aromatic heterocycles. The third kappa shape index (κ3) is 5.67. The normalized spacial score (nSPS) is 25.2. The summed E-state index contributed by atoms with van der Waals surface area (Å²) in [7, 11) is 1.80. The molecule has 2 aliphatic rings. The monoisotopic (exact) mass is 338 g/mol. The zero-order chi connectivity index (χ0) is 17.7. The molecule has 2 fully saturated rings. The molecule has 138 valence electrons. The standard InChI is InChI=1S/C19H34N2O3/c1-19(2,3)24-18(23)20(4)14-15-8-10-16(11-9-15)17(22)21-12-6-5-7-13-21/h15-16H,5-14H2,1-4H3. The lowest BCUT2D eigenvalue weighted by atomic mass is 9.81. The maximum absolute atomic E-state index is 12.6. The van der Waals surface area contributed by atoms with Crippen molar-refractivity contribution >= 4 is 12.0 Å². The van der Waals surface area contributed by atoms with Crippen molar-refractivity contribution < 1.29 is 14.3 Å². The highest BCUT2D eigenvalue weighted by molar-refractivity contribution is 5.79. The minimum atomic E-state index is -0.454. The number of ether oxygens (including phenoxy) is 1. The molecule has 0 spiro atoms. The lowest BCUT2D eigenvalue weighted by molar-refractivity contribution is -0.137. The second-order valence-corrected chi connectivity index (χ2v) is 8.46. The maximum Gasteiger partial charge on any atom is 0.410 e. The van der Waals surface area contributed by atoms with Crippen LogP contribution in [0.1, 0.15) is 65.7 Å². The van der Waals surface area contributed by atoms with Gasteiger partial charge in [0.2, 0.25) is 5.91 Å². The van der Waals surface area contributed by atoms with E-state index in [0.717, 1.165) is 58.2 Å². The number of piperidine rings is 1. The Morgan fingerprint density at radius 2 is 1.62 bits per heavy atom. The van der Waals surface area contributed by atoms with Crippen LogP contribution in [0.15, 0.2) is 0 Å². The van der Waals surface area contributed by atoms with E-state index in [0.29, 0.717) is 11.8 Å². The first-order valence-electron chi connectivity index (χ1n) is 9.49. The molecular formula is C19H34N2O3. The Morgan fingerprint density at radius 1 is 1.04 bits per heavy atom. The van der Waals surface area contributed by atoms with Crippen LogP contribution in [0.5, 0.6) is 0 Å². The molecular weight excluding hydrogens is 304 g/mol. The Hall–Kier alpha value is -1.26. The predicted molar refractivity (Wildman–Crippen MR) is 94.7 cm³/mol. The number of hydrogen-bond donors (Lipinski definition) is 0. The molecule has 0 atom stereocenters. The van der Waals surface area contributed by atoms with Crippen LogP contribution in [0.2, 0.25) is 0 Å². The van der Waals surface area contributed by atoms with Crippen molar-refractivity contribution in [3.63, 3.8) is 0 Å². The van der Waals surface area contributed by atoms with Gasteiger partial charge in [0.05, 0.1) is 0 Å². The van der Waals surface area contributed by atoms with Gasteiger partial charge in [0.15, 0.2) is 0 Å². The highest BCUT2D eigenvalue weighted by atomic mass is 16.6. The van der Waals surface area contributed by atoms with E-state index in [1.54, 1.807) is 11.9 Å². The summed E-state index contributed by atoms with van der Waals surface area (Å²) in [6, 6.07) is 0. The molecule has 0 aromatic rings. The topological polar surface area (TPSA) is 49.9 Å². The molecule has 5 nitrogen and oxygen atoms in total. The van der Waals surface area contributed by atoms with Gasteiger partial charge in [-0.2, -0.15) is 0 Å². The molecule has 24 heavy (non-hydrogen) atoms. The summed E-state index contributed by atoms with van der Waals surface area (Å²) in [5.41, 5.74) is -0.454. The Morgan fingerprint density at radius 3 is 2.17 bits per heavy atom. The number of nitrogens with zero attached hydrogens (tertiary/aromatic N) is 2. The van der Waals surface area contributed by atoms with Gasteiger partial charge < -0.3 is 14.5 Å². The second kappa shape index (κ2) is 8.21. The molecule has 5 heteroatoms. The van der Waals surface area contributed by atoms with Crippen LogP contribution >= 0.6 is 0 Å². The van der Waals surface area contributed by atoms with Crippen molar-refractivity contribution in [1.82, 2.24) is 9.80 Å². The Balaban J connectivity index is 1.74. The summed E-state index contributed by atoms with van der Waals surface area (Å²) in [6.45, 7) is 8.27. The van der Waals surface area contributed by atoms with E-state index in [2.05, 4.69) is 4.90 Å². The van der Waals surface area contributed by atoms with Crippen LogP contribution in [0.4, 0.5) is 4.79 Å². The van der Waals surface area contributed by atoms with E-state index in [9.17, 15) is 9.59 Å². The Labute approximate surface area is 146 Å². The molecule has 0 N–H and O–H groups in total. The second-order valence-electron chi connectivity index (χ2n) is 8.46. The smallest absolute Gasteiger partial charge is 0.410 e. The zero-order valence-electron chi connectivity index (χ0n) is 15.8. The number of hydrogen-bond acceptors (Lipinski definition) is 3. The van der Waals surface area contributed by atoms with Crippen LogP contribution in [-0.2, 0) is 9.53 Å². The lowest BCUT2D eigenvalue weighted by Gasteiger charge is -2.35. The van der Waals surface area contributed by atoms with Gasteiger partial charge in [-0.25, -0.2) is 4.79 Å². The van der Waals surface area contributed by atoms with E-state index in [4.69, 9.17) is 4.74 Å². The highest BCUT2D eigenvalue weighted by Crippen LogP contribution is 2.31. The largest absolute Gasteiger partial charge is 0.444 e. The number of likely N-dealkylation sites (tertiary alicyclic amines) is 1. The molecule has 0 bridgehead atoms. The number of carbonyl (C=O) groups is 2. The molecule has 1 saturated heterocycles. The van der Waals surface area contributed by atoms with Crippen LogP contribution < -0.4 is 0 Å². The lowest BCUT2D eigenvalue weighted by Crippen LogP contribution is -2.42. The fraction of sp³-hybridized carbons (Fsp3) is 0.895. The van der Waals surface area contributed by atoms with Gasteiger partial charge in [-0.05, 0) is 71.6 Å². The SMILES string of the molecule is CN(CC1CCC(C(=O)N2CCCCC2)CC1)C(=O)OC(C)(C)C. The molecule has 2 rings (SSSR count). The molecule has 1 heterocycles. The van der Waals surface area contributed by atoms with Gasteiger partial charge >= 0.3 is 6.09 Å². The van der Waals surface area contributed by atoms with Crippen LogP contribution in [0.25, 0.3) is 0 Å². The Bertz CT molecular complexity index is 430. The zero-order valence-corrected chi connectivity index (χ0v) is 15.8. The highest BCUT2D eigenvalue weighted by Gasteiger charge is 2.31. The van der Waals surface area contributed by atoms with Gasteiger partial charge in [0.25, 0.3) is 0 Å². The van der Waals surface area contributed by atoms with E-state index >= 15 is 0 Å². The molecule has 2 amide bonds. The number of amides is 2. The van der Waals surface area contributed by atoms with Gasteiger partial charge in [-0.3, -0.25) is 4.79 Å². The molecule has 1 aliphatic heterocycles. The summed E-state index contributed by atoms with van der Waals surface area (Å²) in [5.74, 6) is 1.05. The summed E-state index contributed by atoms with van der Waals surface area (Å²) < 4.78 is 5.41. The molecule has 0 aromatic carbocycles. The van der Waals surface area contributed by atoms with E-state index in [1.165, 1.54) is 6.42 Å². The average Bonchev–Trinajstić information content (AvgIpc) is 2.54. The van der Waals surface area contributed by atoms with Crippen molar-refractivity contribution in [3.05, 3.63) is 0 Å². The van der Waals surface area contributed by atoms with Gasteiger partial charge in [-0.15, -0.1) is 0 Å². The van der Waals surface area contributed by atoms with Gasteiger partial charge in [-0.1, -0.05) is 0 Å². The van der Waals surface area contributed by atoms with E-state index in [-0.39, 0.29) is 12.0 Å². The fourth-order valence-electron chi connectivity index (χ4n) is 3.77. The third-order valence-electron chi connectivity index (χ3n) is 5.10. The van der Waals surface area contributed by atoms with Gasteiger partial charge in [0, 0.05) is 32.6 Å². The minimum absolute atomic E-state index is 0.200. The third-order valence-corrected chi connectivity index (χ3v) is 5.10. The maximum atomic E-state index is 12.6. The van der Waals surface area contributed by atoms with E-state index in [1.807, 2.05) is 20.8 Å². The number of carbonyl (C=O) groups excluding carboxylic acids is 2. The van der Waals surface area contributed by atoms with Crippen LogP contribution in [0.3, 0.4) is 0 Å². The first-order chi connectivity index (χ1) is 11.3. The summed E-state index contributed by atoms with van der Waals surface area (Å²) in [5, 5.41) is 0. The fourth-order valence-corrected chi connectivity index (χ4v) is 3.77. The summed E-state index contributed by atoms with van der Waals surface area (Å²) in [4.78, 5) is 28.4. The van der Waals surface area contributed by atoms with Crippen LogP contribution in [-0.4, -0.2) is 54.1 Å². The average molecular weight is 338 g/mol. The van der Waals surface area contributed by atoms with Crippen molar-refractivity contribution in [2.45, 2.75) is 71.3 Å². The summed E-state index contributed by atoms with van der Waals surface area (Å²) in [6.07, 6.45) is 7.28. The minimum Gasteiger partial charge on any atom is -0.444 e. The van der Waals surface area contributed by atoms with E-state index < -0.39 is 5.60 Å². The van der Waals surface area contributed by atoms with Crippen molar-refractivity contribution in [1.29, 1.82) is 0 Å². The number of rotatable bonds is 3. The summed E-state index contributed by atoms with van der Waals surface area (Å²) >= 11 is 0. The van der Waals surface area contributed by atoms with Crippen molar-refractivity contribution in [2.24, 2.45) is 11.8 Å². The molecule has 0 unspecified atom stereocenters. The Kier molecular flexibility index (Phi) is 6.53. The molecule has 0 radical (unpaired) electrons. The first-order valence-corrected chi connectivity index (χ1v) is 9.49. The predicted octanol–water partition coefficient (Wildman–Crippen LogP) is 3.67. The molecule has 1 saturated carbocycles. The van der Waals surface area contributed by atoms with Crippen molar-refractivity contribution in [2.75, 3.05) is 26.7 Å².